The van der Waals surface area contributed by atoms with Crippen molar-refractivity contribution in [2.75, 3.05) is 0 Å². The van der Waals surface area contributed by atoms with Crippen LogP contribution in [0.25, 0.3) is 0 Å². The predicted octanol–water partition coefficient (Wildman–Crippen LogP) is 4.68. The van der Waals surface area contributed by atoms with Gasteiger partial charge >= 0.3 is 0 Å². The van der Waals surface area contributed by atoms with E-state index in [0.29, 0.717) is 0 Å². The van der Waals surface area contributed by atoms with Crippen molar-refractivity contribution in [3.05, 3.63) is 71.0 Å². The molecule has 1 saturated carbocycles. The number of rotatable bonds is 3. The molecule has 0 aromatic heterocycles. The minimum Gasteiger partial charge on any atom is -0.387 e. The van der Waals surface area contributed by atoms with Gasteiger partial charge in [-0.05, 0) is 48.6 Å². The first kappa shape index (κ1) is 14.3. The number of aliphatic hydroxyl groups excluding tert-OH is 1. The second-order valence-corrected chi connectivity index (χ2v) is 6.13. The van der Waals surface area contributed by atoms with Crippen LogP contribution in [0.5, 0.6) is 0 Å². The monoisotopic (exact) mass is 284 g/mol. The van der Waals surface area contributed by atoms with Crippen LogP contribution in [0.4, 0.5) is 4.39 Å². The van der Waals surface area contributed by atoms with Crippen molar-refractivity contribution < 1.29 is 9.50 Å². The topological polar surface area (TPSA) is 20.2 Å². The van der Waals surface area contributed by atoms with E-state index in [0.717, 1.165) is 36.8 Å². The fraction of sp³-hybridized carbons (Fsp3) is 0.368. The van der Waals surface area contributed by atoms with Crippen molar-refractivity contribution in [1.29, 1.82) is 0 Å². The molecular formula is C19H21FO. The van der Waals surface area contributed by atoms with Gasteiger partial charge < -0.3 is 5.11 Å². The molecule has 0 bridgehead atoms. The Balaban J connectivity index is 2.07. The molecule has 2 heteroatoms. The van der Waals surface area contributed by atoms with Gasteiger partial charge in [-0.25, -0.2) is 4.39 Å². The summed E-state index contributed by atoms with van der Waals surface area (Å²) in [5.74, 6) is -0.282. The summed E-state index contributed by atoms with van der Waals surface area (Å²) in [6, 6.07) is 14.9. The quantitative estimate of drug-likeness (QED) is 0.867. The van der Waals surface area contributed by atoms with E-state index in [1.807, 2.05) is 25.1 Å². The maximum absolute atomic E-state index is 13.6. The highest BCUT2D eigenvalue weighted by atomic mass is 19.1. The van der Waals surface area contributed by atoms with Gasteiger partial charge in [-0.1, -0.05) is 49.2 Å². The van der Waals surface area contributed by atoms with Gasteiger partial charge in [0.1, 0.15) is 5.82 Å². The number of aliphatic hydroxyl groups is 1. The zero-order chi connectivity index (χ0) is 14.9. The first-order valence-corrected chi connectivity index (χ1v) is 7.63. The van der Waals surface area contributed by atoms with Crippen LogP contribution in [0.15, 0.2) is 48.5 Å². The van der Waals surface area contributed by atoms with Crippen LogP contribution in [-0.2, 0) is 5.41 Å². The minimum absolute atomic E-state index is 0.278. The number of aryl methyl sites for hydroxylation is 1. The predicted molar refractivity (Wildman–Crippen MR) is 82.7 cm³/mol. The molecule has 2 aromatic carbocycles. The van der Waals surface area contributed by atoms with Gasteiger partial charge in [0.05, 0.1) is 6.10 Å². The molecule has 1 atom stereocenters. The Morgan fingerprint density at radius 3 is 2.38 bits per heavy atom. The molecular weight excluding hydrogens is 263 g/mol. The van der Waals surface area contributed by atoms with E-state index in [1.165, 1.54) is 17.7 Å². The van der Waals surface area contributed by atoms with Crippen LogP contribution >= 0.6 is 0 Å². The lowest BCUT2D eigenvalue weighted by atomic mass is 9.71. The van der Waals surface area contributed by atoms with E-state index in [2.05, 4.69) is 12.1 Å². The van der Waals surface area contributed by atoms with E-state index >= 15 is 0 Å². The molecule has 0 amide bonds. The lowest BCUT2D eigenvalue weighted by Gasteiger charge is -2.36. The maximum atomic E-state index is 13.6. The Morgan fingerprint density at radius 2 is 1.71 bits per heavy atom. The summed E-state index contributed by atoms with van der Waals surface area (Å²) < 4.78 is 13.6. The highest BCUT2D eigenvalue weighted by Crippen LogP contribution is 2.50. The van der Waals surface area contributed by atoms with E-state index in [4.69, 9.17) is 0 Å². The van der Waals surface area contributed by atoms with Crippen molar-refractivity contribution in [1.82, 2.24) is 0 Å². The third kappa shape index (κ3) is 2.49. The number of benzene rings is 2. The fourth-order valence-corrected chi connectivity index (χ4v) is 3.70. The third-order valence-electron chi connectivity index (χ3n) is 4.90. The summed E-state index contributed by atoms with van der Waals surface area (Å²) in [6.45, 7) is 1.94. The van der Waals surface area contributed by atoms with Gasteiger partial charge in [0, 0.05) is 5.41 Å². The largest absolute Gasteiger partial charge is 0.387 e. The summed E-state index contributed by atoms with van der Waals surface area (Å²) >= 11 is 0. The number of hydrogen-bond acceptors (Lipinski definition) is 1. The summed E-state index contributed by atoms with van der Waals surface area (Å²) in [7, 11) is 0. The lowest BCUT2D eigenvalue weighted by molar-refractivity contribution is 0.0814. The molecule has 2 aromatic rings. The molecule has 1 unspecified atom stereocenters. The molecule has 0 spiro atoms. The Morgan fingerprint density at radius 1 is 1.05 bits per heavy atom. The van der Waals surface area contributed by atoms with E-state index in [1.54, 1.807) is 6.07 Å². The van der Waals surface area contributed by atoms with E-state index < -0.39 is 6.10 Å². The Hall–Kier alpha value is -1.67. The van der Waals surface area contributed by atoms with Gasteiger partial charge in [-0.15, -0.1) is 0 Å². The smallest absolute Gasteiger partial charge is 0.123 e. The molecule has 0 radical (unpaired) electrons. The second kappa shape index (κ2) is 5.61. The summed E-state index contributed by atoms with van der Waals surface area (Å²) in [4.78, 5) is 0. The summed E-state index contributed by atoms with van der Waals surface area (Å²) in [5.41, 5.74) is 2.56. The van der Waals surface area contributed by atoms with Crippen molar-refractivity contribution in [2.45, 2.75) is 44.1 Å². The van der Waals surface area contributed by atoms with E-state index in [-0.39, 0.29) is 11.2 Å². The first-order valence-electron chi connectivity index (χ1n) is 7.63. The molecule has 1 aliphatic rings. The average Bonchev–Trinajstić information content (AvgIpc) is 3.01. The van der Waals surface area contributed by atoms with Gasteiger partial charge in [-0.2, -0.15) is 0 Å². The van der Waals surface area contributed by atoms with Crippen molar-refractivity contribution >= 4 is 0 Å². The first-order chi connectivity index (χ1) is 10.1. The molecule has 1 fully saturated rings. The normalized spacial score (nSPS) is 18.6. The Bertz CT molecular complexity index is 615. The van der Waals surface area contributed by atoms with Crippen LogP contribution in [0, 0.1) is 12.7 Å². The molecule has 1 N–H and O–H groups in total. The third-order valence-corrected chi connectivity index (χ3v) is 4.90. The van der Waals surface area contributed by atoms with Gasteiger partial charge in [-0.3, -0.25) is 0 Å². The van der Waals surface area contributed by atoms with Crippen molar-refractivity contribution in [2.24, 2.45) is 0 Å². The van der Waals surface area contributed by atoms with Crippen LogP contribution in [-0.4, -0.2) is 5.11 Å². The highest BCUT2D eigenvalue weighted by molar-refractivity contribution is 5.37. The van der Waals surface area contributed by atoms with Crippen LogP contribution in [0.1, 0.15) is 48.5 Å². The summed E-state index contributed by atoms with van der Waals surface area (Å²) in [6.07, 6.45) is 3.47. The van der Waals surface area contributed by atoms with Crippen LogP contribution < -0.4 is 0 Å². The van der Waals surface area contributed by atoms with Crippen molar-refractivity contribution in [3.63, 3.8) is 0 Å². The standard InChI is InChI=1S/C19H21FO/c1-14-9-10-16(20)13-17(14)18(21)19(11-5-6-12-19)15-7-3-2-4-8-15/h2-4,7-10,13,18,21H,5-6,11-12H2,1H3. The number of hydrogen-bond donors (Lipinski definition) is 1. The molecule has 110 valence electrons. The maximum Gasteiger partial charge on any atom is 0.123 e. The molecule has 0 aliphatic heterocycles. The molecule has 21 heavy (non-hydrogen) atoms. The highest BCUT2D eigenvalue weighted by Gasteiger charge is 2.43. The molecule has 1 nitrogen and oxygen atoms in total. The molecule has 1 aliphatic carbocycles. The average molecular weight is 284 g/mol. The number of halogens is 1. The minimum atomic E-state index is -0.655. The van der Waals surface area contributed by atoms with Crippen LogP contribution in [0.2, 0.25) is 0 Å². The zero-order valence-corrected chi connectivity index (χ0v) is 12.3. The van der Waals surface area contributed by atoms with E-state index in [9.17, 15) is 9.50 Å². The lowest BCUT2D eigenvalue weighted by Crippen LogP contribution is -2.31. The fourth-order valence-electron chi connectivity index (χ4n) is 3.70. The molecule has 3 rings (SSSR count). The SMILES string of the molecule is Cc1ccc(F)cc1C(O)C1(c2ccccc2)CCCC1. The second-order valence-electron chi connectivity index (χ2n) is 6.13. The van der Waals surface area contributed by atoms with Crippen molar-refractivity contribution in [3.8, 4) is 0 Å². The Labute approximate surface area is 125 Å². The van der Waals surface area contributed by atoms with Crippen LogP contribution in [0.3, 0.4) is 0 Å². The Kier molecular flexibility index (Phi) is 3.81. The van der Waals surface area contributed by atoms with Gasteiger partial charge in [0.25, 0.3) is 0 Å². The summed E-state index contributed by atoms with van der Waals surface area (Å²) in [5, 5.41) is 11.1. The van der Waals surface area contributed by atoms with Gasteiger partial charge in [0.2, 0.25) is 0 Å². The zero-order valence-electron chi connectivity index (χ0n) is 12.3. The molecule has 0 saturated heterocycles. The van der Waals surface area contributed by atoms with Gasteiger partial charge in [0.15, 0.2) is 0 Å². The molecule has 0 heterocycles.